The van der Waals surface area contributed by atoms with E-state index in [-0.39, 0.29) is 4.75 Å². The van der Waals surface area contributed by atoms with Crippen LogP contribution in [0.4, 0.5) is 0 Å². The molecule has 0 unspecified atom stereocenters. The van der Waals surface area contributed by atoms with E-state index < -0.39 is 0 Å². The van der Waals surface area contributed by atoms with Crippen molar-refractivity contribution in [1.29, 1.82) is 0 Å². The summed E-state index contributed by atoms with van der Waals surface area (Å²) in [5.41, 5.74) is 0. The highest BCUT2D eigenvalue weighted by molar-refractivity contribution is 7.81. The van der Waals surface area contributed by atoms with Gasteiger partial charge in [-0.05, 0) is 26.0 Å². The number of halogens is 2. The van der Waals surface area contributed by atoms with Crippen LogP contribution in [-0.4, -0.2) is 24.4 Å². The van der Waals surface area contributed by atoms with Crippen LogP contribution >= 0.6 is 35.8 Å². The van der Waals surface area contributed by atoms with E-state index in [1.807, 2.05) is 0 Å². The van der Waals surface area contributed by atoms with E-state index in [0.29, 0.717) is 16.7 Å². The van der Waals surface area contributed by atoms with Crippen LogP contribution in [0.3, 0.4) is 0 Å². The molecule has 0 heterocycles. The smallest absolute Gasteiger partial charge is 0.120 e. The Hall–Kier alpha value is -0.0900. The molecular weight excluding hydrogens is 277 g/mol. The van der Waals surface area contributed by atoms with Crippen LogP contribution in [0, 0.1) is 0 Å². The lowest BCUT2D eigenvalue weighted by molar-refractivity contribution is 0.312. The van der Waals surface area contributed by atoms with Crippen LogP contribution in [0.5, 0.6) is 5.75 Å². The fraction of sp³-hybridized carbons (Fsp3) is 0.500. The van der Waals surface area contributed by atoms with E-state index in [2.05, 4.69) is 31.8 Å². The van der Waals surface area contributed by atoms with Gasteiger partial charge in [0.25, 0.3) is 0 Å². The Morgan fingerprint density at radius 2 is 2.00 bits per heavy atom. The summed E-state index contributed by atoms with van der Waals surface area (Å²) in [6.45, 7) is 6.30. The van der Waals surface area contributed by atoms with Crippen molar-refractivity contribution in [3.05, 3.63) is 28.2 Å². The first-order valence-electron chi connectivity index (χ1n) is 5.39. The van der Waals surface area contributed by atoms with Crippen molar-refractivity contribution < 1.29 is 4.74 Å². The largest absolute Gasteiger partial charge is 0.492 e. The third kappa shape index (κ3) is 6.41. The number of hydrogen-bond acceptors (Lipinski definition) is 3. The Balaban J connectivity index is 2.25. The Labute approximate surface area is 118 Å². The first-order chi connectivity index (χ1) is 7.88. The molecule has 0 fully saturated rings. The van der Waals surface area contributed by atoms with Gasteiger partial charge in [-0.15, -0.1) is 0 Å². The molecule has 2 nitrogen and oxygen atoms in total. The van der Waals surface area contributed by atoms with Gasteiger partial charge in [-0.1, -0.05) is 23.2 Å². The highest BCUT2D eigenvalue weighted by Gasteiger charge is 2.09. The molecule has 1 aromatic carbocycles. The van der Waals surface area contributed by atoms with E-state index in [1.54, 1.807) is 18.2 Å². The standard InChI is InChI=1S/C12H17Cl2NOS/c1-12(2,17)8-15-5-6-16-9-3-4-10(13)11(14)7-9/h3-4,7,15,17H,5-6,8H2,1-2H3. The lowest BCUT2D eigenvalue weighted by atomic mass is 10.2. The lowest BCUT2D eigenvalue weighted by Gasteiger charge is -2.17. The minimum absolute atomic E-state index is 0.0103. The van der Waals surface area contributed by atoms with Gasteiger partial charge in [0.1, 0.15) is 12.4 Å². The summed E-state index contributed by atoms with van der Waals surface area (Å²) in [7, 11) is 0. The molecule has 17 heavy (non-hydrogen) atoms. The topological polar surface area (TPSA) is 21.3 Å². The number of ether oxygens (including phenoxy) is 1. The molecule has 1 rings (SSSR count). The Morgan fingerprint density at radius 3 is 2.59 bits per heavy atom. The molecule has 1 aromatic rings. The third-order valence-corrected chi connectivity index (χ3v) is 2.89. The maximum absolute atomic E-state index is 5.88. The molecule has 5 heteroatoms. The average molecular weight is 294 g/mol. The maximum atomic E-state index is 5.88. The van der Waals surface area contributed by atoms with Crippen molar-refractivity contribution in [2.24, 2.45) is 0 Å². The summed E-state index contributed by atoms with van der Waals surface area (Å²) >= 11 is 16.1. The van der Waals surface area contributed by atoms with Gasteiger partial charge in [0, 0.05) is 23.9 Å². The predicted octanol–water partition coefficient (Wildman–Crippen LogP) is 3.67. The molecule has 0 radical (unpaired) electrons. The van der Waals surface area contributed by atoms with Crippen LogP contribution in [0.1, 0.15) is 13.8 Å². The summed E-state index contributed by atoms with van der Waals surface area (Å²) in [6, 6.07) is 5.24. The van der Waals surface area contributed by atoms with Gasteiger partial charge in [0.05, 0.1) is 10.0 Å². The quantitative estimate of drug-likeness (QED) is 0.617. The normalized spacial score (nSPS) is 11.6. The highest BCUT2D eigenvalue weighted by Crippen LogP contribution is 2.26. The monoisotopic (exact) mass is 293 g/mol. The van der Waals surface area contributed by atoms with Gasteiger partial charge < -0.3 is 10.1 Å². The van der Waals surface area contributed by atoms with E-state index in [1.165, 1.54) is 0 Å². The number of nitrogens with one attached hydrogen (secondary N) is 1. The summed E-state index contributed by atoms with van der Waals surface area (Å²) in [4.78, 5) is 0. The molecule has 0 aliphatic heterocycles. The van der Waals surface area contributed by atoms with Crippen molar-refractivity contribution in [2.45, 2.75) is 18.6 Å². The molecule has 0 aromatic heterocycles. The molecule has 0 amide bonds. The van der Waals surface area contributed by atoms with E-state index in [9.17, 15) is 0 Å². The Bertz CT molecular complexity index is 366. The zero-order chi connectivity index (χ0) is 12.9. The van der Waals surface area contributed by atoms with Gasteiger partial charge in [-0.2, -0.15) is 12.6 Å². The summed E-state index contributed by atoms with van der Waals surface area (Å²) < 4.78 is 5.52. The van der Waals surface area contributed by atoms with Gasteiger partial charge in [-0.3, -0.25) is 0 Å². The zero-order valence-corrected chi connectivity index (χ0v) is 12.4. The Kier molecular flexibility index (Phi) is 5.93. The minimum atomic E-state index is -0.0103. The first-order valence-corrected chi connectivity index (χ1v) is 6.60. The minimum Gasteiger partial charge on any atom is -0.492 e. The Morgan fingerprint density at radius 1 is 1.29 bits per heavy atom. The molecule has 0 bridgehead atoms. The molecule has 0 saturated heterocycles. The van der Waals surface area contributed by atoms with E-state index in [4.69, 9.17) is 27.9 Å². The lowest BCUT2D eigenvalue weighted by Crippen LogP contribution is -2.32. The number of rotatable bonds is 6. The average Bonchev–Trinajstić information content (AvgIpc) is 2.21. The molecular formula is C12H17Cl2NOS. The third-order valence-electron chi connectivity index (χ3n) is 2.00. The van der Waals surface area contributed by atoms with Crippen molar-refractivity contribution >= 4 is 35.8 Å². The first kappa shape index (κ1) is 15.0. The molecule has 0 atom stereocenters. The van der Waals surface area contributed by atoms with Crippen molar-refractivity contribution in [2.75, 3.05) is 19.7 Å². The fourth-order valence-corrected chi connectivity index (χ4v) is 1.60. The van der Waals surface area contributed by atoms with Crippen molar-refractivity contribution in [3.8, 4) is 5.75 Å². The molecule has 0 saturated carbocycles. The zero-order valence-electron chi connectivity index (χ0n) is 9.96. The number of hydrogen-bond donors (Lipinski definition) is 2. The molecule has 0 aliphatic carbocycles. The van der Waals surface area contributed by atoms with E-state index >= 15 is 0 Å². The number of thiol groups is 1. The second-order valence-corrected chi connectivity index (χ2v) is 6.44. The van der Waals surface area contributed by atoms with Gasteiger partial charge in [-0.25, -0.2) is 0 Å². The molecule has 1 N–H and O–H groups in total. The van der Waals surface area contributed by atoms with Crippen LogP contribution in [0.25, 0.3) is 0 Å². The predicted molar refractivity (Wildman–Crippen MR) is 77.9 cm³/mol. The highest BCUT2D eigenvalue weighted by atomic mass is 35.5. The molecule has 0 aliphatic rings. The second kappa shape index (κ2) is 6.74. The van der Waals surface area contributed by atoms with Gasteiger partial charge in [0.2, 0.25) is 0 Å². The van der Waals surface area contributed by atoms with Crippen LogP contribution < -0.4 is 10.1 Å². The van der Waals surface area contributed by atoms with Crippen molar-refractivity contribution in [3.63, 3.8) is 0 Å². The summed E-state index contributed by atoms with van der Waals surface area (Å²) in [5.74, 6) is 0.728. The summed E-state index contributed by atoms with van der Waals surface area (Å²) in [6.07, 6.45) is 0. The van der Waals surface area contributed by atoms with Crippen LogP contribution in [0.15, 0.2) is 18.2 Å². The molecule has 0 spiro atoms. The number of benzene rings is 1. The van der Waals surface area contributed by atoms with E-state index in [0.717, 1.165) is 18.8 Å². The fourth-order valence-electron chi connectivity index (χ4n) is 1.20. The maximum Gasteiger partial charge on any atom is 0.120 e. The molecule has 96 valence electrons. The van der Waals surface area contributed by atoms with Gasteiger partial charge in [0.15, 0.2) is 0 Å². The SMILES string of the molecule is CC(C)(S)CNCCOc1ccc(Cl)c(Cl)c1. The van der Waals surface area contributed by atoms with Gasteiger partial charge >= 0.3 is 0 Å². The van der Waals surface area contributed by atoms with Crippen LogP contribution in [-0.2, 0) is 0 Å². The second-order valence-electron chi connectivity index (χ2n) is 4.41. The summed E-state index contributed by atoms with van der Waals surface area (Å²) in [5, 5.41) is 4.31. The van der Waals surface area contributed by atoms with Crippen molar-refractivity contribution in [1.82, 2.24) is 5.32 Å². The van der Waals surface area contributed by atoms with Crippen LogP contribution in [0.2, 0.25) is 10.0 Å².